The highest BCUT2D eigenvalue weighted by molar-refractivity contribution is 5.62. The van der Waals surface area contributed by atoms with Crippen LogP contribution in [0, 0.1) is 0 Å². The predicted molar refractivity (Wildman–Crippen MR) is 63.3 cm³/mol. The zero-order valence-corrected chi connectivity index (χ0v) is 9.43. The van der Waals surface area contributed by atoms with Gasteiger partial charge in [0.1, 0.15) is 0 Å². The van der Waals surface area contributed by atoms with Gasteiger partial charge in [-0.2, -0.15) is 0 Å². The van der Waals surface area contributed by atoms with E-state index in [0.717, 1.165) is 11.1 Å². The SMILES string of the molecule is C=Cc1cnccc1/C=C/OC.COC. The molecule has 0 saturated carbocycles. The minimum absolute atomic E-state index is 1.01. The van der Waals surface area contributed by atoms with Gasteiger partial charge in [0.25, 0.3) is 0 Å². The van der Waals surface area contributed by atoms with E-state index in [2.05, 4.69) is 16.3 Å². The molecule has 0 atom stereocenters. The lowest BCUT2D eigenvalue weighted by molar-refractivity contribution is 0.277. The molecule has 0 aliphatic carbocycles. The van der Waals surface area contributed by atoms with Crippen molar-refractivity contribution in [2.24, 2.45) is 0 Å². The second-order valence-electron chi connectivity index (χ2n) is 2.66. The number of rotatable bonds is 3. The summed E-state index contributed by atoms with van der Waals surface area (Å²) in [6, 6.07) is 1.91. The van der Waals surface area contributed by atoms with Crippen LogP contribution >= 0.6 is 0 Å². The Bertz CT molecular complexity index is 308. The highest BCUT2D eigenvalue weighted by atomic mass is 16.5. The van der Waals surface area contributed by atoms with Gasteiger partial charge >= 0.3 is 0 Å². The lowest BCUT2D eigenvalue weighted by Gasteiger charge is -1.97. The molecule has 0 unspecified atom stereocenters. The molecule has 0 fully saturated rings. The number of hydrogen-bond donors (Lipinski definition) is 0. The van der Waals surface area contributed by atoms with Crippen LogP contribution in [0.5, 0.6) is 0 Å². The minimum Gasteiger partial charge on any atom is -0.504 e. The highest BCUT2D eigenvalue weighted by Gasteiger charge is 1.92. The molecule has 0 saturated heterocycles. The van der Waals surface area contributed by atoms with Crippen LogP contribution in [0.15, 0.2) is 31.3 Å². The van der Waals surface area contributed by atoms with Crippen molar-refractivity contribution in [1.82, 2.24) is 4.98 Å². The molecule has 0 N–H and O–H groups in total. The lowest BCUT2D eigenvalue weighted by Crippen LogP contribution is -1.81. The standard InChI is InChI=1S/C10H11NO.C2H6O/c1-3-9-8-11-6-4-10(9)5-7-12-2;1-3-2/h3-8H,1H2,2H3;1-2H3/b7-5+;. The monoisotopic (exact) mass is 207 g/mol. The molecule has 3 heteroatoms. The van der Waals surface area contributed by atoms with Crippen molar-refractivity contribution in [2.45, 2.75) is 0 Å². The van der Waals surface area contributed by atoms with Crippen molar-refractivity contribution in [2.75, 3.05) is 21.3 Å². The van der Waals surface area contributed by atoms with E-state index in [0.29, 0.717) is 0 Å². The quantitative estimate of drug-likeness (QED) is 0.714. The smallest absolute Gasteiger partial charge is 0.0830 e. The van der Waals surface area contributed by atoms with Gasteiger partial charge < -0.3 is 9.47 Å². The topological polar surface area (TPSA) is 31.4 Å². The molecular formula is C12H17NO2. The maximum absolute atomic E-state index is 4.81. The van der Waals surface area contributed by atoms with E-state index < -0.39 is 0 Å². The number of ether oxygens (including phenoxy) is 2. The fourth-order valence-corrected chi connectivity index (χ4v) is 0.881. The summed E-state index contributed by atoms with van der Waals surface area (Å²) in [6.07, 6.45) is 8.77. The number of pyridine rings is 1. The highest BCUT2D eigenvalue weighted by Crippen LogP contribution is 2.09. The Labute approximate surface area is 91.1 Å². The molecule has 0 aromatic carbocycles. The Morgan fingerprint density at radius 3 is 2.47 bits per heavy atom. The van der Waals surface area contributed by atoms with Crippen LogP contribution in [0.2, 0.25) is 0 Å². The number of aromatic nitrogens is 1. The van der Waals surface area contributed by atoms with E-state index in [9.17, 15) is 0 Å². The van der Waals surface area contributed by atoms with Gasteiger partial charge in [-0.05, 0) is 23.3 Å². The normalized spacial score (nSPS) is 9.27. The van der Waals surface area contributed by atoms with Crippen molar-refractivity contribution in [3.05, 3.63) is 42.4 Å². The molecule has 3 nitrogen and oxygen atoms in total. The first-order valence-electron chi connectivity index (χ1n) is 4.46. The molecule has 0 radical (unpaired) electrons. The zero-order valence-electron chi connectivity index (χ0n) is 9.43. The van der Waals surface area contributed by atoms with Gasteiger partial charge in [-0.3, -0.25) is 4.98 Å². The fraction of sp³-hybridized carbons (Fsp3) is 0.250. The molecule has 0 aliphatic heterocycles. The second kappa shape index (κ2) is 8.97. The predicted octanol–water partition coefficient (Wildman–Crippen LogP) is 2.60. The molecule has 82 valence electrons. The summed E-state index contributed by atoms with van der Waals surface area (Å²) >= 11 is 0. The van der Waals surface area contributed by atoms with Crippen molar-refractivity contribution in [3.63, 3.8) is 0 Å². The third-order valence-corrected chi connectivity index (χ3v) is 1.49. The van der Waals surface area contributed by atoms with E-state index in [-0.39, 0.29) is 0 Å². The fourth-order valence-electron chi connectivity index (χ4n) is 0.881. The first-order chi connectivity index (χ1) is 7.29. The molecule has 0 spiro atoms. The number of methoxy groups -OCH3 is 2. The zero-order chi connectivity index (χ0) is 11.5. The summed E-state index contributed by atoms with van der Waals surface area (Å²) < 4.78 is 9.06. The van der Waals surface area contributed by atoms with E-state index in [1.807, 2.05) is 12.1 Å². The van der Waals surface area contributed by atoms with Crippen molar-refractivity contribution in [3.8, 4) is 0 Å². The number of hydrogen-bond acceptors (Lipinski definition) is 3. The Hall–Kier alpha value is -1.61. The van der Waals surface area contributed by atoms with Crippen molar-refractivity contribution >= 4 is 12.2 Å². The molecule has 0 amide bonds. The van der Waals surface area contributed by atoms with E-state index in [1.165, 1.54) is 0 Å². The van der Waals surface area contributed by atoms with Crippen molar-refractivity contribution in [1.29, 1.82) is 0 Å². The molecular weight excluding hydrogens is 190 g/mol. The molecule has 1 rings (SSSR count). The summed E-state index contributed by atoms with van der Waals surface area (Å²) in [7, 11) is 4.87. The van der Waals surface area contributed by atoms with Gasteiger partial charge in [0.05, 0.1) is 13.4 Å². The molecule has 0 aliphatic rings. The Kier molecular flexibility index (Phi) is 8.00. The Morgan fingerprint density at radius 1 is 1.27 bits per heavy atom. The Morgan fingerprint density at radius 2 is 1.93 bits per heavy atom. The first kappa shape index (κ1) is 13.4. The summed E-state index contributed by atoms with van der Waals surface area (Å²) in [5.74, 6) is 0. The largest absolute Gasteiger partial charge is 0.504 e. The van der Waals surface area contributed by atoms with Gasteiger partial charge in [-0.15, -0.1) is 0 Å². The molecule has 1 heterocycles. The molecule has 1 aromatic heterocycles. The van der Waals surface area contributed by atoms with Crippen LogP contribution in [0.25, 0.3) is 12.2 Å². The van der Waals surface area contributed by atoms with E-state index in [4.69, 9.17) is 4.74 Å². The average Bonchev–Trinajstić information content (AvgIpc) is 2.28. The van der Waals surface area contributed by atoms with Crippen LogP contribution in [0.4, 0.5) is 0 Å². The minimum atomic E-state index is 1.01. The second-order valence-corrected chi connectivity index (χ2v) is 2.66. The van der Waals surface area contributed by atoms with Crippen LogP contribution < -0.4 is 0 Å². The summed E-state index contributed by atoms with van der Waals surface area (Å²) in [5.41, 5.74) is 2.06. The maximum atomic E-state index is 4.81. The van der Waals surface area contributed by atoms with Crippen LogP contribution in [0.3, 0.4) is 0 Å². The first-order valence-corrected chi connectivity index (χ1v) is 4.46. The third kappa shape index (κ3) is 5.65. The third-order valence-electron chi connectivity index (χ3n) is 1.49. The summed E-state index contributed by atoms with van der Waals surface area (Å²) in [6.45, 7) is 3.68. The average molecular weight is 207 g/mol. The summed E-state index contributed by atoms with van der Waals surface area (Å²) in [5, 5.41) is 0. The van der Waals surface area contributed by atoms with Gasteiger partial charge in [0.15, 0.2) is 0 Å². The van der Waals surface area contributed by atoms with Gasteiger partial charge in [-0.25, -0.2) is 0 Å². The molecule has 1 aromatic rings. The maximum Gasteiger partial charge on any atom is 0.0830 e. The number of nitrogens with zero attached hydrogens (tertiary/aromatic N) is 1. The van der Waals surface area contributed by atoms with Gasteiger partial charge in [0.2, 0.25) is 0 Å². The summed E-state index contributed by atoms with van der Waals surface area (Å²) in [4.78, 5) is 3.98. The van der Waals surface area contributed by atoms with Crippen LogP contribution in [-0.4, -0.2) is 26.3 Å². The van der Waals surface area contributed by atoms with Gasteiger partial charge in [0, 0.05) is 26.6 Å². The van der Waals surface area contributed by atoms with E-state index in [1.54, 1.807) is 46.1 Å². The molecule has 15 heavy (non-hydrogen) atoms. The van der Waals surface area contributed by atoms with E-state index >= 15 is 0 Å². The Balaban J connectivity index is 0.000000583. The van der Waals surface area contributed by atoms with Gasteiger partial charge in [-0.1, -0.05) is 12.7 Å². The molecule has 0 bridgehead atoms. The lowest BCUT2D eigenvalue weighted by atomic mass is 10.1. The van der Waals surface area contributed by atoms with Crippen LogP contribution in [0.1, 0.15) is 11.1 Å². The van der Waals surface area contributed by atoms with Crippen molar-refractivity contribution < 1.29 is 9.47 Å². The van der Waals surface area contributed by atoms with Crippen LogP contribution in [-0.2, 0) is 9.47 Å².